The normalized spacial score (nSPS) is 11.0. The number of fused-ring (bicyclic) bond motifs is 1. The van der Waals surface area contributed by atoms with Gasteiger partial charge in [-0.3, -0.25) is 0 Å². The summed E-state index contributed by atoms with van der Waals surface area (Å²) in [5.74, 6) is 0. The summed E-state index contributed by atoms with van der Waals surface area (Å²) in [4.78, 5) is 13.8. The van der Waals surface area contributed by atoms with Gasteiger partial charge < -0.3 is 19.4 Å². The summed E-state index contributed by atoms with van der Waals surface area (Å²) < 4.78 is 5.38. The lowest BCUT2D eigenvalue weighted by molar-refractivity contribution is 0.425. The quantitative estimate of drug-likeness (QED) is 0.544. The van der Waals surface area contributed by atoms with Gasteiger partial charge in [-0.25, -0.2) is 4.79 Å². The minimum atomic E-state index is -1.51. The molecule has 1 heterocycles. The topological polar surface area (TPSA) is 73.9 Å². The molecule has 3 rings (SSSR count). The summed E-state index contributed by atoms with van der Waals surface area (Å²) in [7, 11) is -1.51. The molecule has 2 N–H and O–H groups in total. The van der Waals surface area contributed by atoms with Crippen molar-refractivity contribution in [3.8, 4) is 0 Å². The number of nitrogens with zero attached hydrogens (tertiary/aromatic N) is 1. The van der Waals surface area contributed by atoms with E-state index < -0.39 is 7.12 Å². The molecular weight excluding hydrogens is 329 g/mol. The summed E-state index contributed by atoms with van der Waals surface area (Å²) in [5, 5.41) is 20.1. The molecule has 0 unspecified atom stereocenters. The second-order valence-corrected chi connectivity index (χ2v) is 6.47. The zero-order valence-corrected chi connectivity index (χ0v) is 15.2. The maximum absolute atomic E-state index is 11.7. The van der Waals surface area contributed by atoms with Crippen LogP contribution in [0.5, 0.6) is 0 Å². The second-order valence-electron chi connectivity index (χ2n) is 6.47. The fourth-order valence-electron chi connectivity index (χ4n) is 3.31. The Morgan fingerprint density at radius 3 is 2.50 bits per heavy atom. The van der Waals surface area contributed by atoms with Gasteiger partial charge in [-0.15, -0.1) is 0 Å². The molecule has 0 saturated heterocycles. The highest BCUT2D eigenvalue weighted by Crippen LogP contribution is 2.28. The van der Waals surface area contributed by atoms with Crippen LogP contribution in [-0.4, -0.2) is 23.7 Å². The van der Waals surface area contributed by atoms with Crippen LogP contribution in [0.25, 0.3) is 11.0 Å². The van der Waals surface area contributed by atoms with Crippen LogP contribution in [0.4, 0.5) is 5.69 Å². The molecule has 0 amide bonds. The highest BCUT2D eigenvalue weighted by atomic mass is 16.4. The third-order valence-corrected chi connectivity index (χ3v) is 4.68. The van der Waals surface area contributed by atoms with E-state index in [4.69, 9.17) is 4.42 Å². The van der Waals surface area contributed by atoms with E-state index >= 15 is 0 Å². The summed E-state index contributed by atoms with van der Waals surface area (Å²) in [5.41, 5.74) is 4.45. The molecule has 0 aliphatic carbocycles. The number of benzene rings is 2. The Bertz CT molecular complexity index is 997. The molecule has 0 atom stereocenters. The van der Waals surface area contributed by atoms with Crippen LogP contribution in [0.15, 0.2) is 51.7 Å². The van der Waals surface area contributed by atoms with E-state index in [1.807, 2.05) is 45.0 Å². The molecule has 5 nitrogen and oxygen atoms in total. The smallest absolute Gasteiger partial charge is 0.423 e. The van der Waals surface area contributed by atoms with Crippen molar-refractivity contribution in [2.24, 2.45) is 0 Å². The van der Waals surface area contributed by atoms with Crippen LogP contribution >= 0.6 is 0 Å². The maximum atomic E-state index is 11.7. The lowest BCUT2D eigenvalue weighted by Crippen LogP contribution is -2.36. The molecule has 2 aromatic carbocycles. The molecule has 0 aliphatic rings. The Kier molecular flexibility index (Phi) is 5.16. The largest absolute Gasteiger partial charge is 0.488 e. The van der Waals surface area contributed by atoms with Crippen LogP contribution in [0.3, 0.4) is 0 Å². The van der Waals surface area contributed by atoms with Crippen molar-refractivity contribution in [2.75, 3.05) is 11.4 Å². The van der Waals surface area contributed by atoms with E-state index in [9.17, 15) is 14.8 Å². The summed E-state index contributed by atoms with van der Waals surface area (Å²) >= 11 is 0. The molecule has 6 heteroatoms. The van der Waals surface area contributed by atoms with E-state index in [1.165, 1.54) is 6.07 Å². The Hall–Kier alpha value is -2.57. The first-order chi connectivity index (χ1) is 12.4. The predicted octanol–water partition coefficient (Wildman–Crippen LogP) is 2.12. The molecule has 0 radical (unpaired) electrons. The van der Waals surface area contributed by atoms with Gasteiger partial charge >= 0.3 is 12.7 Å². The van der Waals surface area contributed by atoms with E-state index in [0.717, 1.165) is 34.3 Å². The van der Waals surface area contributed by atoms with Crippen molar-refractivity contribution >= 4 is 29.2 Å². The summed E-state index contributed by atoms with van der Waals surface area (Å²) in [6, 6.07) is 12.7. The fourth-order valence-corrected chi connectivity index (χ4v) is 3.31. The SMILES string of the molecule is CCN(Cc1ccccc1B(O)O)c1cc2oc(=O)cc(C)c2cc1C. The molecule has 0 aliphatic heterocycles. The lowest BCUT2D eigenvalue weighted by Gasteiger charge is -2.26. The van der Waals surface area contributed by atoms with Crippen molar-refractivity contribution in [3.05, 3.63) is 69.6 Å². The zero-order chi connectivity index (χ0) is 18.8. The molecule has 0 spiro atoms. The average Bonchev–Trinajstić information content (AvgIpc) is 2.60. The first kappa shape index (κ1) is 18.2. The highest BCUT2D eigenvalue weighted by Gasteiger charge is 2.18. The summed E-state index contributed by atoms with van der Waals surface area (Å²) in [6.45, 7) is 7.20. The van der Waals surface area contributed by atoms with Gasteiger partial charge in [0.05, 0.1) is 0 Å². The minimum absolute atomic E-state index is 0.360. The Labute approximate surface area is 152 Å². The van der Waals surface area contributed by atoms with E-state index in [-0.39, 0.29) is 5.63 Å². The number of rotatable bonds is 5. The Balaban J connectivity index is 2.06. The van der Waals surface area contributed by atoms with Gasteiger partial charge in [-0.05, 0) is 49.0 Å². The number of hydrogen-bond acceptors (Lipinski definition) is 5. The molecule has 0 fully saturated rings. The first-order valence-electron chi connectivity index (χ1n) is 8.64. The zero-order valence-electron chi connectivity index (χ0n) is 15.2. The molecule has 3 aromatic rings. The van der Waals surface area contributed by atoms with Crippen molar-refractivity contribution in [1.29, 1.82) is 0 Å². The lowest BCUT2D eigenvalue weighted by atomic mass is 9.77. The number of anilines is 1. The van der Waals surface area contributed by atoms with Gasteiger partial charge in [-0.2, -0.15) is 0 Å². The van der Waals surface area contributed by atoms with Crippen LogP contribution in [-0.2, 0) is 6.54 Å². The van der Waals surface area contributed by atoms with Gasteiger partial charge in [0, 0.05) is 36.3 Å². The van der Waals surface area contributed by atoms with E-state index in [0.29, 0.717) is 17.6 Å². The standard InChI is InChI=1S/C20H22BNO4/c1-4-22(12-15-7-5-6-8-17(15)21(24)25)18-11-19-16(9-14(18)3)13(2)10-20(23)26-19/h5-11,24-25H,4,12H2,1-3H3. The van der Waals surface area contributed by atoms with Gasteiger partial charge in [0.1, 0.15) is 5.58 Å². The molecule has 1 aromatic heterocycles. The van der Waals surface area contributed by atoms with Crippen LogP contribution in [0.1, 0.15) is 23.6 Å². The first-order valence-corrected chi connectivity index (χ1v) is 8.64. The van der Waals surface area contributed by atoms with Crippen LogP contribution < -0.4 is 16.0 Å². The molecule has 134 valence electrons. The molecule has 0 bridgehead atoms. The third-order valence-electron chi connectivity index (χ3n) is 4.68. The third kappa shape index (κ3) is 3.52. The minimum Gasteiger partial charge on any atom is -0.423 e. The van der Waals surface area contributed by atoms with E-state index in [2.05, 4.69) is 4.90 Å². The van der Waals surface area contributed by atoms with Gasteiger partial charge in [-0.1, -0.05) is 24.3 Å². The van der Waals surface area contributed by atoms with Gasteiger partial charge in [0.15, 0.2) is 0 Å². The van der Waals surface area contributed by atoms with Gasteiger partial charge in [0.2, 0.25) is 0 Å². The van der Waals surface area contributed by atoms with Crippen molar-refractivity contribution in [2.45, 2.75) is 27.3 Å². The van der Waals surface area contributed by atoms with Crippen molar-refractivity contribution in [1.82, 2.24) is 0 Å². The number of aryl methyl sites for hydroxylation is 2. The van der Waals surface area contributed by atoms with E-state index in [1.54, 1.807) is 12.1 Å². The Morgan fingerprint density at radius 2 is 1.81 bits per heavy atom. The maximum Gasteiger partial charge on any atom is 0.488 e. The Morgan fingerprint density at radius 1 is 1.08 bits per heavy atom. The van der Waals surface area contributed by atoms with Gasteiger partial charge in [0.25, 0.3) is 0 Å². The van der Waals surface area contributed by atoms with Crippen molar-refractivity contribution in [3.63, 3.8) is 0 Å². The van der Waals surface area contributed by atoms with Crippen molar-refractivity contribution < 1.29 is 14.5 Å². The highest BCUT2D eigenvalue weighted by molar-refractivity contribution is 6.59. The molecule has 26 heavy (non-hydrogen) atoms. The average molecular weight is 351 g/mol. The monoisotopic (exact) mass is 351 g/mol. The fraction of sp³-hybridized carbons (Fsp3) is 0.250. The molecular formula is C20H22BNO4. The predicted molar refractivity (Wildman–Crippen MR) is 105 cm³/mol. The molecule has 0 saturated carbocycles. The second kappa shape index (κ2) is 7.36. The number of hydrogen-bond donors (Lipinski definition) is 2. The van der Waals surface area contributed by atoms with Crippen LogP contribution in [0, 0.1) is 13.8 Å². The summed E-state index contributed by atoms with van der Waals surface area (Å²) in [6.07, 6.45) is 0. The van der Waals surface area contributed by atoms with Crippen LogP contribution in [0.2, 0.25) is 0 Å².